The molecule has 0 aliphatic carbocycles. The fourth-order valence-corrected chi connectivity index (χ4v) is 5.97. The van der Waals surface area contributed by atoms with Gasteiger partial charge in [0.25, 0.3) is 11.8 Å². The molecule has 6 nitrogen and oxygen atoms in total. The summed E-state index contributed by atoms with van der Waals surface area (Å²) in [4.78, 5) is 44.4. The summed E-state index contributed by atoms with van der Waals surface area (Å²) in [6.45, 7) is 5.09. The standard InChI is InChI=1S/C28H29N3O3S/c1-18(2)25(24-13-7-15-35-24)29-26(32)20-9-5-8-19(16-20)17-31-22-11-4-3-10-21(22)27(33)30-14-6-12-23(30)28(31)34/h3-5,7-11,13,15-16,18,23,25H,6,12,14,17H2,1-2H3,(H,29,32). The number of anilines is 1. The third-order valence-corrected chi connectivity index (χ3v) is 7.78. The van der Waals surface area contributed by atoms with Gasteiger partial charge in [0.15, 0.2) is 0 Å². The minimum Gasteiger partial charge on any atom is -0.344 e. The van der Waals surface area contributed by atoms with Crippen LogP contribution < -0.4 is 10.2 Å². The van der Waals surface area contributed by atoms with Crippen molar-refractivity contribution in [3.63, 3.8) is 0 Å². The van der Waals surface area contributed by atoms with E-state index in [4.69, 9.17) is 0 Å². The molecule has 2 unspecified atom stereocenters. The van der Waals surface area contributed by atoms with Gasteiger partial charge in [-0.25, -0.2) is 0 Å². The molecule has 1 N–H and O–H groups in total. The molecule has 1 saturated heterocycles. The summed E-state index contributed by atoms with van der Waals surface area (Å²) in [5.41, 5.74) is 2.58. The van der Waals surface area contributed by atoms with E-state index >= 15 is 0 Å². The number of hydrogen-bond donors (Lipinski definition) is 1. The third kappa shape index (κ3) is 4.48. The molecule has 1 aromatic heterocycles. The summed E-state index contributed by atoms with van der Waals surface area (Å²) in [5.74, 6) is -0.0359. The van der Waals surface area contributed by atoms with Gasteiger partial charge < -0.3 is 15.1 Å². The minimum absolute atomic E-state index is 0.0618. The van der Waals surface area contributed by atoms with E-state index in [2.05, 4.69) is 19.2 Å². The summed E-state index contributed by atoms with van der Waals surface area (Å²) < 4.78 is 0. The highest BCUT2D eigenvalue weighted by molar-refractivity contribution is 7.10. The molecule has 2 aliphatic rings. The summed E-state index contributed by atoms with van der Waals surface area (Å²) in [7, 11) is 0. The smallest absolute Gasteiger partial charge is 0.256 e. The van der Waals surface area contributed by atoms with E-state index in [-0.39, 0.29) is 29.7 Å². The fraction of sp³-hybridized carbons (Fsp3) is 0.321. The Morgan fingerprint density at radius 2 is 1.91 bits per heavy atom. The van der Waals surface area contributed by atoms with Crippen molar-refractivity contribution in [2.75, 3.05) is 11.4 Å². The Kier molecular flexibility index (Phi) is 6.43. The van der Waals surface area contributed by atoms with Gasteiger partial charge in [-0.15, -0.1) is 11.3 Å². The van der Waals surface area contributed by atoms with Crippen LogP contribution in [0.25, 0.3) is 0 Å². The zero-order valence-electron chi connectivity index (χ0n) is 19.9. The quantitative estimate of drug-likeness (QED) is 0.530. The molecular weight excluding hydrogens is 458 g/mol. The van der Waals surface area contributed by atoms with Gasteiger partial charge in [0.05, 0.1) is 23.8 Å². The third-order valence-electron chi connectivity index (χ3n) is 6.82. The average molecular weight is 488 g/mol. The first-order chi connectivity index (χ1) is 16.9. The Bertz CT molecular complexity index is 1250. The van der Waals surface area contributed by atoms with Crippen LogP contribution in [0.15, 0.2) is 66.0 Å². The van der Waals surface area contributed by atoms with E-state index in [9.17, 15) is 14.4 Å². The van der Waals surface area contributed by atoms with E-state index in [0.29, 0.717) is 36.3 Å². The van der Waals surface area contributed by atoms with Crippen molar-refractivity contribution in [1.29, 1.82) is 0 Å². The lowest BCUT2D eigenvalue weighted by atomic mass is 10.0. The lowest BCUT2D eigenvalue weighted by molar-refractivity contribution is -0.122. The van der Waals surface area contributed by atoms with Gasteiger partial charge >= 0.3 is 0 Å². The van der Waals surface area contributed by atoms with Crippen LogP contribution in [0.1, 0.15) is 63.9 Å². The number of hydrogen-bond acceptors (Lipinski definition) is 4. The van der Waals surface area contributed by atoms with Crippen molar-refractivity contribution in [3.05, 3.63) is 87.6 Å². The molecule has 5 rings (SSSR count). The normalized spacial score (nSPS) is 18.3. The van der Waals surface area contributed by atoms with Crippen molar-refractivity contribution in [2.45, 2.75) is 45.3 Å². The largest absolute Gasteiger partial charge is 0.344 e. The minimum atomic E-state index is -0.432. The van der Waals surface area contributed by atoms with E-state index in [1.54, 1.807) is 33.3 Å². The van der Waals surface area contributed by atoms with Crippen LogP contribution in [0.2, 0.25) is 0 Å². The zero-order valence-corrected chi connectivity index (χ0v) is 20.8. The molecular formula is C28H29N3O3S. The first-order valence-electron chi connectivity index (χ1n) is 12.1. The van der Waals surface area contributed by atoms with Gasteiger partial charge in [-0.05, 0) is 60.0 Å². The molecule has 3 amide bonds. The SMILES string of the molecule is CC(C)C(NC(=O)c1cccc(CN2C(=O)C3CCCN3C(=O)c3ccccc32)c1)c1cccs1. The van der Waals surface area contributed by atoms with Crippen LogP contribution in [0.5, 0.6) is 0 Å². The lowest BCUT2D eigenvalue weighted by Crippen LogP contribution is -2.44. The van der Waals surface area contributed by atoms with Gasteiger partial charge in [-0.1, -0.05) is 44.2 Å². The van der Waals surface area contributed by atoms with Crippen molar-refractivity contribution < 1.29 is 14.4 Å². The van der Waals surface area contributed by atoms with Crippen LogP contribution in [-0.4, -0.2) is 35.2 Å². The highest BCUT2D eigenvalue weighted by atomic mass is 32.1. The molecule has 3 heterocycles. The number of nitrogens with one attached hydrogen (secondary N) is 1. The maximum absolute atomic E-state index is 13.6. The summed E-state index contributed by atoms with van der Waals surface area (Å²) in [5, 5.41) is 5.19. The number of rotatable bonds is 6. The fourth-order valence-electron chi connectivity index (χ4n) is 5.03. The van der Waals surface area contributed by atoms with Crippen LogP contribution in [0.4, 0.5) is 5.69 Å². The number of carbonyl (C=O) groups is 3. The topological polar surface area (TPSA) is 69.7 Å². The van der Waals surface area contributed by atoms with Crippen LogP contribution >= 0.6 is 11.3 Å². The van der Waals surface area contributed by atoms with Gasteiger partial charge in [0.2, 0.25) is 5.91 Å². The van der Waals surface area contributed by atoms with Gasteiger partial charge in [0.1, 0.15) is 6.04 Å². The maximum Gasteiger partial charge on any atom is 0.256 e. The van der Waals surface area contributed by atoms with Crippen molar-refractivity contribution in [1.82, 2.24) is 10.2 Å². The average Bonchev–Trinajstić information content (AvgIpc) is 3.56. The highest BCUT2D eigenvalue weighted by Gasteiger charge is 2.41. The molecule has 0 spiro atoms. The number of benzene rings is 2. The molecule has 2 atom stereocenters. The van der Waals surface area contributed by atoms with Crippen molar-refractivity contribution >= 4 is 34.7 Å². The van der Waals surface area contributed by atoms with Crippen molar-refractivity contribution in [3.8, 4) is 0 Å². The molecule has 1 fully saturated rings. The molecule has 35 heavy (non-hydrogen) atoms. The predicted octanol–water partition coefficient (Wildman–Crippen LogP) is 5.03. The molecule has 2 aliphatic heterocycles. The number of thiophene rings is 1. The molecule has 3 aromatic rings. The Labute approximate surface area is 209 Å². The number of para-hydroxylation sites is 1. The molecule has 0 saturated carbocycles. The van der Waals surface area contributed by atoms with Crippen LogP contribution in [0.3, 0.4) is 0 Å². The number of carbonyl (C=O) groups excluding carboxylic acids is 3. The maximum atomic E-state index is 13.6. The Morgan fingerprint density at radius 3 is 2.69 bits per heavy atom. The van der Waals surface area contributed by atoms with Gasteiger partial charge in [0, 0.05) is 17.0 Å². The second-order valence-corrected chi connectivity index (χ2v) is 10.5. The molecule has 7 heteroatoms. The second kappa shape index (κ2) is 9.66. The number of amides is 3. The summed E-state index contributed by atoms with van der Waals surface area (Å²) >= 11 is 1.64. The first kappa shape index (κ1) is 23.3. The predicted molar refractivity (Wildman–Crippen MR) is 137 cm³/mol. The van der Waals surface area contributed by atoms with E-state index < -0.39 is 6.04 Å². The molecule has 0 bridgehead atoms. The first-order valence-corrected chi connectivity index (χ1v) is 13.0. The summed E-state index contributed by atoms with van der Waals surface area (Å²) in [6.07, 6.45) is 1.51. The Hall–Kier alpha value is -3.45. The van der Waals surface area contributed by atoms with E-state index in [1.807, 2.05) is 53.9 Å². The van der Waals surface area contributed by atoms with Crippen LogP contribution in [0, 0.1) is 5.92 Å². The van der Waals surface area contributed by atoms with E-state index in [1.165, 1.54) is 0 Å². The van der Waals surface area contributed by atoms with Gasteiger partial charge in [-0.2, -0.15) is 0 Å². The van der Waals surface area contributed by atoms with Gasteiger partial charge in [-0.3, -0.25) is 14.4 Å². The lowest BCUT2D eigenvalue weighted by Gasteiger charge is -2.26. The monoisotopic (exact) mass is 487 g/mol. The number of fused-ring (bicyclic) bond motifs is 2. The molecule has 180 valence electrons. The second-order valence-electron chi connectivity index (χ2n) is 9.51. The van der Waals surface area contributed by atoms with E-state index in [0.717, 1.165) is 16.9 Å². The highest BCUT2D eigenvalue weighted by Crippen LogP contribution is 2.33. The summed E-state index contributed by atoms with van der Waals surface area (Å²) in [6, 6.07) is 18.3. The molecule has 0 radical (unpaired) electrons. The Morgan fingerprint density at radius 1 is 1.09 bits per heavy atom. The van der Waals surface area contributed by atoms with Crippen molar-refractivity contribution in [2.24, 2.45) is 5.92 Å². The zero-order chi connectivity index (χ0) is 24.5. The Balaban J connectivity index is 1.42. The number of nitrogens with zero attached hydrogens (tertiary/aromatic N) is 2. The molecule has 2 aromatic carbocycles. The van der Waals surface area contributed by atoms with Crippen LogP contribution in [-0.2, 0) is 11.3 Å².